The van der Waals surface area contributed by atoms with Crippen LogP contribution in [0.2, 0.25) is 0 Å². The molecule has 0 unspecified atom stereocenters. The standard InChI is InChI=1S/C28H24N4O4/c1-17(2)32(27(33)20-8-6-18(3)7-9-20)26-22(28(34)35)16-31(30-26)21-12-10-19(11-13-21)25-15-23-24(36-25)5-4-14-29-23/h4-17H,1-3H3,(H,34,35). The van der Waals surface area contributed by atoms with Crippen molar-refractivity contribution in [3.63, 3.8) is 0 Å². The third kappa shape index (κ3) is 4.24. The highest BCUT2D eigenvalue weighted by Gasteiger charge is 2.29. The number of nitrogens with zero attached hydrogens (tertiary/aromatic N) is 4. The van der Waals surface area contributed by atoms with E-state index in [0.29, 0.717) is 22.6 Å². The van der Waals surface area contributed by atoms with Gasteiger partial charge in [-0.2, -0.15) is 0 Å². The number of fused-ring (bicyclic) bond motifs is 1. The molecule has 0 aliphatic rings. The minimum atomic E-state index is -1.16. The number of carbonyl (C=O) groups is 2. The van der Waals surface area contributed by atoms with Gasteiger partial charge in [-0.15, -0.1) is 5.10 Å². The Morgan fingerprint density at radius 3 is 2.39 bits per heavy atom. The van der Waals surface area contributed by atoms with Gasteiger partial charge in [0.15, 0.2) is 11.4 Å². The molecule has 5 aromatic rings. The maximum atomic E-state index is 13.4. The van der Waals surface area contributed by atoms with Crippen molar-refractivity contribution in [1.82, 2.24) is 14.8 Å². The molecule has 36 heavy (non-hydrogen) atoms. The second kappa shape index (κ2) is 9.14. The van der Waals surface area contributed by atoms with E-state index in [9.17, 15) is 14.7 Å². The molecule has 0 fully saturated rings. The molecule has 0 spiro atoms. The largest absolute Gasteiger partial charge is 0.477 e. The lowest BCUT2D eigenvalue weighted by atomic mass is 10.1. The smallest absolute Gasteiger partial charge is 0.341 e. The van der Waals surface area contributed by atoms with Crippen LogP contribution in [-0.4, -0.2) is 37.8 Å². The summed E-state index contributed by atoms with van der Waals surface area (Å²) in [5, 5.41) is 14.4. The van der Waals surface area contributed by atoms with Crippen LogP contribution in [0.25, 0.3) is 28.1 Å². The third-order valence-electron chi connectivity index (χ3n) is 5.89. The SMILES string of the molecule is Cc1ccc(C(=O)N(c2nn(-c3ccc(-c4cc5ncccc5o4)cc3)cc2C(=O)O)C(C)C)cc1. The van der Waals surface area contributed by atoms with Gasteiger partial charge in [-0.25, -0.2) is 9.48 Å². The van der Waals surface area contributed by atoms with Crippen LogP contribution in [0.15, 0.2) is 83.5 Å². The third-order valence-corrected chi connectivity index (χ3v) is 5.89. The highest BCUT2D eigenvalue weighted by Crippen LogP contribution is 2.29. The molecule has 8 heteroatoms. The number of anilines is 1. The molecule has 0 aliphatic heterocycles. The van der Waals surface area contributed by atoms with Gasteiger partial charge in [-0.3, -0.25) is 14.7 Å². The fourth-order valence-corrected chi connectivity index (χ4v) is 4.03. The number of carboxylic acids is 1. The molecular formula is C28H24N4O4. The van der Waals surface area contributed by atoms with E-state index >= 15 is 0 Å². The van der Waals surface area contributed by atoms with Gasteiger partial charge in [-0.1, -0.05) is 17.7 Å². The first-order valence-electron chi connectivity index (χ1n) is 11.5. The number of benzene rings is 2. The average molecular weight is 481 g/mol. The predicted molar refractivity (Wildman–Crippen MR) is 137 cm³/mol. The highest BCUT2D eigenvalue weighted by atomic mass is 16.4. The van der Waals surface area contributed by atoms with Gasteiger partial charge in [-0.05, 0) is 69.3 Å². The van der Waals surface area contributed by atoms with Crippen LogP contribution in [0.5, 0.6) is 0 Å². The van der Waals surface area contributed by atoms with E-state index in [1.165, 1.54) is 15.8 Å². The van der Waals surface area contributed by atoms with E-state index in [2.05, 4.69) is 10.1 Å². The summed E-state index contributed by atoms with van der Waals surface area (Å²) in [5.74, 6) is -0.704. The highest BCUT2D eigenvalue weighted by molar-refractivity contribution is 6.09. The number of pyridine rings is 1. The van der Waals surface area contributed by atoms with Crippen LogP contribution in [0.3, 0.4) is 0 Å². The molecule has 0 saturated carbocycles. The number of aromatic nitrogens is 3. The summed E-state index contributed by atoms with van der Waals surface area (Å²) in [6.07, 6.45) is 3.14. The zero-order chi connectivity index (χ0) is 25.4. The van der Waals surface area contributed by atoms with Crippen molar-refractivity contribution in [2.75, 3.05) is 4.90 Å². The van der Waals surface area contributed by atoms with E-state index in [1.807, 2.05) is 75.4 Å². The Hall–Kier alpha value is -4.72. The van der Waals surface area contributed by atoms with Gasteiger partial charge in [0, 0.05) is 35.6 Å². The summed E-state index contributed by atoms with van der Waals surface area (Å²) in [5.41, 5.74) is 4.40. The maximum absolute atomic E-state index is 13.4. The van der Waals surface area contributed by atoms with E-state index in [-0.39, 0.29) is 23.3 Å². The molecule has 3 aromatic heterocycles. The Morgan fingerprint density at radius 2 is 1.75 bits per heavy atom. The van der Waals surface area contributed by atoms with Gasteiger partial charge in [0.1, 0.15) is 16.8 Å². The minimum absolute atomic E-state index is 0.0587. The number of aromatic carboxylic acids is 1. The van der Waals surface area contributed by atoms with Crippen molar-refractivity contribution in [1.29, 1.82) is 0 Å². The van der Waals surface area contributed by atoms with Crippen molar-refractivity contribution in [2.24, 2.45) is 0 Å². The fraction of sp³-hybridized carbons (Fsp3) is 0.143. The van der Waals surface area contributed by atoms with E-state index in [0.717, 1.165) is 16.6 Å². The van der Waals surface area contributed by atoms with E-state index in [1.54, 1.807) is 18.3 Å². The topological polar surface area (TPSA) is 101 Å². The van der Waals surface area contributed by atoms with Crippen molar-refractivity contribution in [3.05, 3.63) is 95.8 Å². The number of rotatable bonds is 6. The van der Waals surface area contributed by atoms with Crippen LogP contribution in [0, 0.1) is 6.92 Å². The lowest BCUT2D eigenvalue weighted by Crippen LogP contribution is -2.38. The lowest BCUT2D eigenvalue weighted by Gasteiger charge is -2.25. The molecular weight excluding hydrogens is 456 g/mol. The van der Waals surface area contributed by atoms with Gasteiger partial charge in [0.2, 0.25) is 0 Å². The zero-order valence-corrected chi connectivity index (χ0v) is 20.0. The second-order valence-corrected chi connectivity index (χ2v) is 8.80. The first kappa shape index (κ1) is 23.0. The number of hydrogen-bond donors (Lipinski definition) is 1. The van der Waals surface area contributed by atoms with Crippen LogP contribution < -0.4 is 4.90 Å². The van der Waals surface area contributed by atoms with Gasteiger partial charge in [0.05, 0.1) is 5.69 Å². The Labute approximate surface area is 207 Å². The summed E-state index contributed by atoms with van der Waals surface area (Å²) >= 11 is 0. The summed E-state index contributed by atoms with van der Waals surface area (Å²) < 4.78 is 7.35. The van der Waals surface area contributed by atoms with Crippen LogP contribution in [-0.2, 0) is 0 Å². The van der Waals surface area contributed by atoms with Crippen LogP contribution in [0.4, 0.5) is 5.82 Å². The molecule has 180 valence electrons. The molecule has 0 radical (unpaired) electrons. The normalized spacial score (nSPS) is 11.2. The Morgan fingerprint density at radius 1 is 1.03 bits per heavy atom. The van der Waals surface area contributed by atoms with Crippen molar-refractivity contribution in [3.8, 4) is 17.0 Å². The molecule has 0 bridgehead atoms. The molecule has 1 amide bonds. The van der Waals surface area contributed by atoms with E-state index in [4.69, 9.17) is 4.42 Å². The van der Waals surface area contributed by atoms with Gasteiger partial charge >= 0.3 is 5.97 Å². The average Bonchev–Trinajstić information content (AvgIpc) is 3.49. The zero-order valence-electron chi connectivity index (χ0n) is 20.0. The van der Waals surface area contributed by atoms with Crippen molar-refractivity contribution in [2.45, 2.75) is 26.8 Å². The summed E-state index contributed by atoms with van der Waals surface area (Å²) in [6, 6.07) is 19.8. The van der Waals surface area contributed by atoms with Gasteiger partial charge < -0.3 is 9.52 Å². The summed E-state index contributed by atoms with van der Waals surface area (Å²) in [6.45, 7) is 5.59. The summed E-state index contributed by atoms with van der Waals surface area (Å²) in [4.78, 5) is 31.2. The lowest BCUT2D eigenvalue weighted by molar-refractivity contribution is 0.0697. The van der Waals surface area contributed by atoms with Crippen LogP contribution >= 0.6 is 0 Å². The molecule has 0 aliphatic carbocycles. The molecule has 0 saturated heterocycles. The number of carboxylic acid groups (broad SMARTS) is 1. The Bertz CT molecular complexity index is 1530. The molecule has 5 rings (SSSR count). The monoisotopic (exact) mass is 480 g/mol. The quantitative estimate of drug-likeness (QED) is 0.332. The van der Waals surface area contributed by atoms with Crippen molar-refractivity contribution >= 4 is 28.8 Å². The molecule has 2 aromatic carbocycles. The minimum Gasteiger partial charge on any atom is -0.477 e. The first-order valence-corrected chi connectivity index (χ1v) is 11.5. The Kier molecular flexibility index (Phi) is 5.85. The molecule has 8 nitrogen and oxygen atoms in total. The van der Waals surface area contributed by atoms with Crippen LogP contribution in [0.1, 0.15) is 40.1 Å². The molecule has 1 N–H and O–H groups in total. The van der Waals surface area contributed by atoms with Crippen molar-refractivity contribution < 1.29 is 19.1 Å². The molecule has 3 heterocycles. The fourth-order valence-electron chi connectivity index (χ4n) is 4.03. The molecule has 0 atom stereocenters. The number of furan rings is 1. The second-order valence-electron chi connectivity index (χ2n) is 8.80. The number of hydrogen-bond acceptors (Lipinski definition) is 5. The summed E-state index contributed by atoms with van der Waals surface area (Å²) in [7, 11) is 0. The number of aryl methyl sites for hydroxylation is 1. The first-order chi connectivity index (χ1) is 17.3. The number of amides is 1. The van der Waals surface area contributed by atoms with E-state index < -0.39 is 5.97 Å². The number of carbonyl (C=O) groups excluding carboxylic acids is 1. The van der Waals surface area contributed by atoms with Gasteiger partial charge in [0.25, 0.3) is 5.91 Å². The maximum Gasteiger partial charge on any atom is 0.341 e. The Balaban J connectivity index is 1.51. The predicted octanol–water partition coefficient (Wildman–Crippen LogP) is 5.74.